The Bertz CT molecular complexity index is 656. The maximum Gasteiger partial charge on any atom is -0.0221 e. The van der Waals surface area contributed by atoms with Crippen LogP contribution in [0.4, 0.5) is 0 Å². The Labute approximate surface area is 127 Å². The van der Waals surface area contributed by atoms with Gasteiger partial charge in [0, 0.05) is 0 Å². The molecule has 2 aromatic carbocycles. The van der Waals surface area contributed by atoms with Crippen molar-refractivity contribution < 1.29 is 0 Å². The Balaban J connectivity index is 2.37. The van der Waals surface area contributed by atoms with Crippen LogP contribution in [-0.4, -0.2) is 0 Å². The molecular weight excluding hydrogens is 252 g/mol. The highest BCUT2D eigenvalue weighted by Crippen LogP contribution is 2.20. The van der Waals surface area contributed by atoms with Gasteiger partial charge >= 0.3 is 0 Å². The molecule has 2 aromatic rings. The van der Waals surface area contributed by atoms with Gasteiger partial charge in [0.05, 0.1) is 0 Å². The second-order valence-corrected chi connectivity index (χ2v) is 4.79. The first kappa shape index (κ1) is 14.8. The summed E-state index contributed by atoms with van der Waals surface area (Å²) in [5.41, 5.74) is 4.87. The fraction of sp³-hybridized carbons (Fsp3) is 0.0476. The van der Waals surface area contributed by atoms with Crippen LogP contribution in [0.25, 0.3) is 11.6 Å². The molecule has 0 spiro atoms. The van der Waals surface area contributed by atoms with E-state index in [1.54, 1.807) is 6.08 Å². The fourth-order valence-corrected chi connectivity index (χ4v) is 2.08. The SMILES string of the molecule is C=CC=CC(C=Cc1ccccc1)=C(C)c1ccccc1. The second kappa shape index (κ2) is 7.86. The summed E-state index contributed by atoms with van der Waals surface area (Å²) in [6.07, 6.45) is 10.1. The highest BCUT2D eigenvalue weighted by Gasteiger charge is 1.99. The molecule has 21 heavy (non-hydrogen) atoms. The normalized spacial score (nSPS) is 12.6. The van der Waals surface area contributed by atoms with Crippen LogP contribution in [0.15, 0.2) is 97.1 Å². The summed E-state index contributed by atoms with van der Waals surface area (Å²) in [7, 11) is 0. The molecule has 2 rings (SSSR count). The lowest BCUT2D eigenvalue weighted by atomic mass is 10.00. The van der Waals surface area contributed by atoms with E-state index in [1.807, 2.05) is 30.3 Å². The van der Waals surface area contributed by atoms with Gasteiger partial charge in [-0.3, -0.25) is 0 Å². The summed E-state index contributed by atoms with van der Waals surface area (Å²) in [6, 6.07) is 20.8. The third kappa shape index (κ3) is 4.47. The highest BCUT2D eigenvalue weighted by molar-refractivity contribution is 5.74. The molecule has 0 heteroatoms. The molecule has 0 aliphatic carbocycles. The van der Waals surface area contributed by atoms with Crippen molar-refractivity contribution in [2.24, 2.45) is 0 Å². The van der Waals surface area contributed by atoms with Crippen LogP contribution in [0, 0.1) is 0 Å². The van der Waals surface area contributed by atoms with Gasteiger partial charge in [-0.25, -0.2) is 0 Å². The third-order valence-electron chi connectivity index (χ3n) is 3.31. The summed E-state index contributed by atoms with van der Waals surface area (Å²) >= 11 is 0. The van der Waals surface area contributed by atoms with Crippen LogP contribution in [0.5, 0.6) is 0 Å². The van der Waals surface area contributed by atoms with Crippen LogP contribution < -0.4 is 0 Å². The van der Waals surface area contributed by atoms with E-state index in [-0.39, 0.29) is 0 Å². The first-order chi connectivity index (χ1) is 10.3. The Morgan fingerprint density at radius 2 is 1.48 bits per heavy atom. The van der Waals surface area contributed by atoms with Crippen LogP contribution in [-0.2, 0) is 0 Å². The van der Waals surface area contributed by atoms with E-state index < -0.39 is 0 Å². The summed E-state index contributed by atoms with van der Waals surface area (Å²) in [6.45, 7) is 5.90. The smallest absolute Gasteiger partial charge is 0.0221 e. The number of allylic oxidation sites excluding steroid dienone is 6. The van der Waals surface area contributed by atoms with E-state index >= 15 is 0 Å². The lowest BCUT2D eigenvalue weighted by molar-refractivity contribution is 1.53. The van der Waals surface area contributed by atoms with Gasteiger partial charge in [-0.1, -0.05) is 97.6 Å². The van der Waals surface area contributed by atoms with Crippen molar-refractivity contribution in [3.63, 3.8) is 0 Å². The minimum atomic E-state index is 1.19. The van der Waals surface area contributed by atoms with E-state index in [4.69, 9.17) is 0 Å². The van der Waals surface area contributed by atoms with E-state index in [9.17, 15) is 0 Å². The van der Waals surface area contributed by atoms with Gasteiger partial charge < -0.3 is 0 Å². The monoisotopic (exact) mass is 272 g/mol. The molecule has 0 unspecified atom stereocenters. The van der Waals surface area contributed by atoms with Gasteiger partial charge in [-0.15, -0.1) is 0 Å². The number of benzene rings is 2. The van der Waals surface area contributed by atoms with Crippen molar-refractivity contribution in [3.8, 4) is 0 Å². The van der Waals surface area contributed by atoms with Crippen molar-refractivity contribution in [1.29, 1.82) is 0 Å². The predicted octanol–water partition coefficient (Wildman–Crippen LogP) is 5.92. The Kier molecular flexibility index (Phi) is 5.54. The molecule has 0 nitrogen and oxygen atoms in total. The minimum Gasteiger partial charge on any atom is -0.0991 e. The first-order valence-corrected chi connectivity index (χ1v) is 7.10. The summed E-state index contributed by atoms with van der Waals surface area (Å²) in [4.78, 5) is 0. The number of hydrogen-bond acceptors (Lipinski definition) is 0. The molecule has 0 amide bonds. The maximum absolute atomic E-state index is 3.75. The number of rotatable bonds is 5. The molecule has 0 radical (unpaired) electrons. The standard InChI is InChI=1S/C21H20/c1-3-4-13-21(17-16-19-11-7-5-8-12-19)18(2)20-14-9-6-10-15-20/h3-17H,1H2,2H3. The average molecular weight is 272 g/mol. The highest BCUT2D eigenvalue weighted by atomic mass is 14.0. The first-order valence-electron chi connectivity index (χ1n) is 7.10. The lowest BCUT2D eigenvalue weighted by Gasteiger charge is -2.05. The molecule has 0 bridgehead atoms. The largest absolute Gasteiger partial charge is 0.0991 e. The zero-order valence-electron chi connectivity index (χ0n) is 12.4. The van der Waals surface area contributed by atoms with Crippen molar-refractivity contribution in [2.45, 2.75) is 6.92 Å². The van der Waals surface area contributed by atoms with Crippen molar-refractivity contribution >= 4 is 11.6 Å². The molecule has 0 aliphatic heterocycles. The van der Waals surface area contributed by atoms with Gasteiger partial charge in [-0.2, -0.15) is 0 Å². The van der Waals surface area contributed by atoms with Gasteiger partial charge in [0.2, 0.25) is 0 Å². The predicted molar refractivity (Wildman–Crippen MR) is 93.8 cm³/mol. The molecule has 0 saturated carbocycles. The molecule has 0 heterocycles. The van der Waals surface area contributed by atoms with Crippen LogP contribution in [0.2, 0.25) is 0 Å². The topological polar surface area (TPSA) is 0 Å². The molecule has 0 fully saturated rings. The van der Waals surface area contributed by atoms with Gasteiger partial charge in [0.15, 0.2) is 0 Å². The van der Waals surface area contributed by atoms with Crippen molar-refractivity contribution in [2.75, 3.05) is 0 Å². The van der Waals surface area contributed by atoms with Crippen LogP contribution >= 0.6 is 0 Å². The quantitative estimate of drug-likeness (QED) is 0.593. The zero-order chi connectivity index (χ0) is 14.9. The third-order valence-corrected chi connectivity index (χ3v) is 3.31. The molecule has 0 N–H and O–H groups in total. The van der Waals surface area contributed by atoms with Crippen molar-refractivity contribution in [3.05, 3.63) is 108 Å². The molecular formula is C21H20. The Morgan fingerprint density at radius 3 is 2.10 bits per heavy atom. The Hall–Kier alpha value is -2.60. The lowest BCUT2D eigenvalue weighted by Crippen LogP contribution is -1.84. The van der Waals surface area contributed by atoms with Gasteiger partial charge in [0.25, 0.3) is 0 Å². The summed E-state index contributed by atoms with van der Waals surface area (Å²) < 4.78 is 0. The summed E-state index contributed by atoms with van der Waals surface area (Å²) in [5.74, 6) is 0. The second-order valence-electron chi connectivity index (χ2n) is 4.79. The summed E-state index contributed by atoms with van der Waals surface area (Å²) in [5, 5.41) is 0. The zero-order valence-corrected chi connectivity index (χ0v) is 12.4. The molecule has 0 saturated heterocycles. The van der Waals surface area contributed by atoms with E-state index in [0.717, 1.165) is 0 Å². The minimum absolute atomic E-state index is 1.19. The van der Waals surface area contributed by atoms with Crippen LogP contribution in [0.1, 0.15) is 18.1 Å². The van der Waals surface area contributed by atoms with E-state index in [2.05, 4.69) is 68.1 Å². The van der Waals surface area contributed by atoms with E-state index in [1.165, 1.54) is 22.3 Å². The fourth-order valence-electron chi connectivity index (χ4n) is 2.08. The molecule has 0 aliphatic rings. The Morgan fingerprint density at radius 1 is 0.857 bits per heavy atom. The van der Waals surface area contributed by atoms with Crippen molar-refractivity contribution in [1.82, 2.24) is 0 Å². The molecule has 104 valence electrons. The molecule has 0 atom stereocenters. The van der Waals surface area contributed by atoms with Gasteiger partial charge in [0.1, 0.15) is 0 Å². The van der Waals surface area contributed by atoms with E-state index in [0.29, 0.717) is 0 Å². The maximum atomic E-state index is 3.75. The van der Waals surface area contributed by atoms with Gasteiger partial charge in [-0.05, 0) is 29.2 Å². The van der Waals surface area contributed by atoms with Crippen LogP contribution in [0.3, 0.4) is 0 Å². The number of hydrogen-bond donors (Lipinski definition) is 0. The molecule has 0 aromatic heterocycles. The average Bonchev–Trinajstić information content (AvgIpc) is 2.56.